The van der Waals surface area contributed by atoms with Gasteiger partial charge in [0.25, 0.3) is 5.56 Å². The van der Waals surface area contributed by atoms with Crippen molar-refractivity contribution >= 4 is 22.8 Å². The van der Waals surface area contributed by atoms with Crippen LogP contribution in [-0.4, -0.2) is 51.5 Å². The zero-order valence-corrected chi connectivity index (χ0v) is 20.4. The smallest absolute Gasteiger partial charge is 0.410 e. The average molecular weight is 479 g/mol. The van der Waals surface area contributed by atoms with Crippen LogP contribution in [0.5, 0.6) is 0 Å². The van der Waals surface area contributed by atoms with Crippen LogP contribution in [-0.2, 0) is 29.0 Å². The Hall–Kier alpha value is -3.65. The largest absolute Gasteiger partial charge is 0.465 e. The van der Waals surface area contributed by atoms with E-state index in [9.17, 15) is 19.5 Å². The van der Waals surface area contributed by atoms with E-state index in [0.717, 1.165) is 11.1 Å². The van der Waals surface area contributed by atoms with Crippen LogP contribution in [0.25, 0.3) is 10.8 Å². The van der Waals surface area contributed by atoms with Gasteiger partial charge in [0.2, 0.25) is 0 Å². The summed E-state index contributed by atoms with van der Waals surface area (Å²) in [7, 11) is 1.30. The van der Waals surface area contributed by atoms with Crippen LogP contribution < -0.4 is 5.56 Å². The molecule has 8 heteroatoms. The van der Waals surface area contributed by atoms with Crippen LogP contribution in [0.4, 0.5) is 4.79 Å². The molecule has 2 heterocycles. The summed E-state index contributed by atoms with van der Waals surface area (Å²) in [5.74, 6) is -0.480. The molecule has 1 aliphatic heterocycles. The second-order valence-electron chi connectivity index (χ2n) is 9.78. The zero-order valence-electron chi connectivity index (χ0n) is 20.4. The molecule has 4 rings (SSSR count). The van der Waals surface area contributed by atoms with Crippen molar-refractivity contribution in [3.63, 3.8) is 0 Å². The van der Waals surface area contributed by atoms with Crippen LogP contribution in [0.15, 0.2) is 59.5 Å². The minimum absolute atomic E-state index is 0.000339. The first-order valence-electron chi connectivity index (χ1n) is 11.5. The number of fused-ring (bicyclic) bond motifs is 2. The zero-order chi connectivity index (χ0) is 25.3. The van der Waals surface area contributed by atoms with Gasteiger partial charge in [-0.25, -0.2) is 9.59 Å². The molecule has 184 valence electrons. The number of ether oxygens (including phenoxy) is 2. The van der Waals surface area contributed by atoms with E-state index in [1.54, 1.807) is 56.1 Å². The maximum Gasteiger partial charge on any atom is 0.410 e. The normalized spacial score (nSPS) is 16.5. The lowest BCUT2D eigenvalue weighted by Crippen LogP contribution is -2.53. The van der Waals surface area contributed by atoms with E-state index < -0.39 is 29.8 Å². The van der Waals surface area contributed by atoms with Gasteiger partial charge >= 0.3 is 12.1 Å². The molecule has 2 atom stereocenters. The summed E-state index contributed by atoms with van der Waals surface area (Å²) in [6.07, 6.45) is 0.517. The quantitative estimate of drug-likeness (QED) is 0.577. The van der Waals surface area contributed by atoms with Crippen molar-refractivity contribution in [2.24, 2.45) is 0 Å². The second-order valence-corrected chi connectivity index (χ2v) is 9.78. The lowest BCUT2D eigenvalue weighted by molar-refractivity contribution is -0.0154. The lowest BCUT2D eigenvalue weighted by atomic mass is 9.91. The summed E-state index contributed by atoms with van der Waals surface area (Å²) in [4.78, 5) is 39.5. The standard InChI is InChI=1S/C27H30N2O6/c1-27(2,3)35-26(33)29-15-20-8-6-5-7-17(20)14-22(29)23(30)16-28-12-11-18-13-19(25(32)34-4)9-10-21(18)24(28)31/h5-13,22-23,30H,14-16H2,1-4H3/t22-,23+/m0/s1. The monoisotopic (exact) mass is 478 g/mol. The fourth-order valence-corrected chi connectivity index (χ4v) is 4.41. The maximum absolute atomic E-state index is 13.1. The van der Waals surface area contributed by atoms with E-state index in [1.165, 1.54) is 11.7 Å². The molecule has 0 fully saturated rings. The van der Waals surface area contributed by atoms with Crippen LogP contribution in [0, 0.1) is 0 Å². The van der Waals surface area contributed by atoms with Crippen LogP contribution in [0.2, 0.25) is 0 Å². The summed E-state index contributed by atoms with van der Waals surface area (Å²) in [5, 5.41) is 12.3. The van der Waals surface area contributed by atoms with E-state index in [-0.39, 0.29) is 12.1 Å². The number of aliphatic hydroxyl groups is 1. The number of pyridine rings is 1. The third kappa shape index (κ3) is 5.22. The summed E-state index contributed by atoms with van der Waals surface area (Å²) >= 11 is 0. The van der Waals surface area contributed by atoms with Gasteiger partial charge in [-0.1, -0.05) is 24.3 Å². The number of rotatable bonds is 4. The molecule has 1 amide bonds. The number of carbonyl (C=O) groups excluding carboxylic acids is 2. The Balaban J connectivity index is 1.63. The molecule has 35 heavy (non-hydrogen) atoms. The molecule has 1 aromatic heterocycles. The van der Waals surface area contributed by atoms with Crippen molar-refractivity contribution in [3.8, 4) is 0 Å². The molecule has 1 aliphatic rings. The number of nitrogens with zero attached hydrogens (tertiary/aromatic N) is 2. The molecule has 0 saturated heterocycles. The minimum Gasteiger partial charge on any atom is -0.465 e. The number of methoxy groups -OCH3 is 1. The van der Waals surface area contributed by atoms with Gasteiger partial charge in [0.1, 0.15) is 5.60 Å². The number of hydrogen-bond acceptors (Lipinski definition) is 6. The fourth-order valence-electron chi connectivity index (χ4n) is 4.41. The summed E-state index contributed by atoms with van der Waals surface area (Å²) in [6.45, 7) is 5.72. The first kappa shape index (κ1) is 24.5. The lowest BCUT2D eigenvalue weighted by Gasteiger charge is -2.40. The van der Waals surface area contributed by atoms with Gasteiger partial charge in [0.05, 0.1) is 31.4 Å². The summed E-state index contributed by atoms with van der Waals surface area (Å²) in [5.41, 5.74) is 1.44. The van der Waals surface area contributed by atoms with Gasteiger partial charge in [-0.05, 0) is 68.0 Å². The van der Waals surface area contributed by atoms with E-state index in [1.807, 2.05) is 24.3 Å². The van der Waals surface area contributed by atoms with Crippen molar-refractivity contribution in [3.05, 3.63) is 81.8 Å². The molecule has 0 unspecified atom stereocenters. The van der Waals surface area contributed by atoms with Crippen molar-refractivity contribution in [2.45, 2.75) is 58.0 Å². The highest BCUT2D eigenvalue weighted by Gasteiger charge is 2.37. The Morgan fingerprint density at radius 3 is 2.51 bits per heavy atom. The second kappa shape index (κ2) is 9.54. The number of hydrogen-bond donors (Lipinski definition) is 1. The number of amides is 1. The topological polar surface area (TPSA) is 98.1 Å². The Morgan fingerprint density at radius 1 is 1.11 bits per heavy atom. The number of benzene rings is 2. The third-order valence-electron chi connectivity index (χ3n) is 6.14. The first-order valence-corrected chi connectivity index (χ1v) is 11.5. The molecule has 1 N–H and O–H groups in total. The predicted molar refractivity (Wildman–Crippen MR) is 131 cm³/mol. The van der Waals surface area contributed by atoms with Gasteiger partial charge in [-0.15, -0.1) is 0 Å². The Labute approximate surface area is 203 Å². The van der Waals surface area contributed by atoms with Crippen molar-refractivity contribution < 1.29 is 24.2 Å². The van der Waals surface area contributed by atoms with Crippen LogP contribution in [0.1, 0.15) is 42.3 Å². The third-order valence-corrected chi connectivity index (χ3v) is 6.14. The number of aliphatic hydroxyl groups excluding tert-OH is 1. The van der Waals surface area contributed by atoms with Gasteiger partial charge in [0, 0.05) is 18.1 Å². The molecule has 0 aliphatic carbocycles. The Morgan fingerprint density at radius 2 is 1.83 bits per heavy atom. The van der Waals surface area contributed by atoms with Gasteiger partial charge < -0.3 is 19.1 Å². The van der Waals surface area contributed by atoms with E-state index in [2.05, 4.69) is 0 Å². The van der Waals surface area contributed by atoms with Crippen LogP contribution >= 0.6 is 0 Å². The van der Waals surface area contributed by atoms with E-state index in [4.69, 9.17) is 9.47 Å². The molecule has 2 aromatic carbocycles. The van der Waals surface area contributed by atoms with Crippen LogP contribution in [0.3, 0.4) is 0 Å². The predicted octanol–water partition coefficient (Wildman–Crippen LogP) is 3.51. The maximum atomic E-state index is 13.1. The van der Waals surface area contributed by atoms with E-state index >= 15 is 0 Å². The highest BCUT2D eigenvalue weighted by molar-refractivity contribution is 5.95. The van der Waals surface area contributed by atoms with E-state index in [0.29, 0.717) is 29.3 Å². The minimum atomic E-state index is -1.01. The molecule has 0 radical (unpaired) electrons. The van der Waals surface area contributed by atoms with Crippen molar-refractivity contribution in [1.29, 1.82) is 0 Å². The molecule has 0 spiro atoms. The molecule has 8 nitrogen and oxygen atoms in total. The van der Waals surface area contributed by atoms with Crippen molar-refractivity contribution in [2.75, 3.05) is 7.11 Å². The van der Waals surface area contributed by atoms with Gasteiger partial charge in [-0.2, -0.15) is 0 Å². The molecular formula is C27H30N2O6. The van der Waals surface area contributed by atoms with Gasteiger partial charge in [-0.3, -0.25) is 9.69 Å². The summed E-state index contributed by atoms with van der Waals surface area (Å²) in [6, 6.07) is 13.7. The molecule has 0 saturated carbocycles. The highest BCUT2D eigenvalue weighted by Crippen LogP contribution is 2.27. The number of esters is 1. The average Bonchev–Trinajstić information content (AvgIpc) is 2.83. The fraction of sp³-hybridized carbons (Fsp3) is 0.370. The molecule has 0 bridgehead atoms. The Kier molecular flexibility index (Phi) is 6.67. The molecule has 3 aromatic rings. The Bertz CT molecular complexity index is 1320. The number of aromatic nitrogens is 1. The number of carbonyl (C=O) groups is 2. The van der Waals surface area contributed by atoms with Crippen molar-refractivity contribution in [1.82, 2.24) is 9.47 Å². The molecular weight excluding hydrogens is 448 g/mol. The summed E-state index contributed by atoms with van der Waals surface area (Å²) < 4.78 is 11.8. The highest BCUT2D eigenvalue weighted by atomic mass is 16.6. The SMILES string of the molecule is COC(=O)c1ccc2c(=O)n(C[C@@H](O)[C@@H]3Cc4ccccc4CN3C(=O)OC(C)(C)C)ccc2c1. The van der Waals surface area contributed by atoms with Gasteiger partial charge in [0.15, 0.2) is 0 Å². The first-order chi connectivity index (χ1) is 16.6.